The SMILES string of the molecule is COc1ccc(COC/C=C/[C@@H]2CC=C(C=O)[C@@]2(C)COCc2ccccc2)cc1. The molecule has 1 aliphatic rings. The summed E-state index contributed by atoms with van der Waals surface area (Å²) in [5.41, 5.74) is 2.75. The Bertz CT molecular complexity index is 854. The normalized spacial score (nSPS) is 21.0. The minimum Gasteiger partial charge on any atom is -0.497 e. The van der Waals surface area contributed by atoms with Gasteiger partial charge < -0.3 is 14.2 Å². The molecule has 158 valence electrons. The lowest BCUT2D eigenvalue weighted by Crippen LogP contribution is -2.30. The van der Waals surface area contributed by atoms with E-state index in [0.717, 1.165) is 35.2 Å². The molecule has 0 spiro atoms. The molecule has 0 radical (unpaired) electrons. The summed E-state index contributed by atoms with van der Waals surface area (Å²) in [6, 6.07) is 18.0. The predicted molar refractivity (Wildman–Crippen MR) is 118 cm³/mol. The third kappa shape index (κ3) is 5.68. The first-order chi connectivity index (χ1) is 14.7. The standard InChI is InChI=1S/C26H30O4/c1-26(20-30-19-21-7-4-3-5-8-21)23(12-13-24(26)17-27)9-6-16-29-18-22-10-14-25(28-2)15-11-22/h3-11,13-15,17,23H,12,16,18-20H2,1-2H3/b9-6+/t23-,26+/m1/s1. The largest absolute Gasteiger partial charge is 0.497 e. The van der Waals surface area contributed by atoms with Gasteiger partial charge in [-0.25, -0.2) is 0 Å². The first-order valence-electron chi connectivity index (χ1n) is 10.3. The van der Waals surface area contributed by atoms with Crippen molar-refractivity contribution in [2.24, 2.45) is 11.3 Å². The van der Waals surface area contributed by atoms with Gasteiger partial charge in [0.2, 0.25) is 0 Å². The van der Waals surface area contributed by atoms with E-state index in [1.165, 1.54) is 0 Å². The van der Waals surface area contributed by atoms with Crippen LogP contribution in [0, 0.1) is 11.3 Å². The fraction of sp³-hybridized carbons (Fsp3) is 0.346. The zero-order valence-corrected chi connectivity index (χ0v) is 17.8. The van der Waals surface area contributed by atoms with Crippen LogP contribution in [0.3, 0.4) is 0 Å². The lowest BCUT2D eigenvalue weighted by Gasteiger charge is -2.31. The molecule has 4 heteroatoms. The third-order valence-corrected chi connectivity index (χ3v) is 5.72. The molecule has 0 heterocycles. The van der Waals surface area contributed by atoms with E-state index < -0.39 is 0 Å². The highest BCUT2D eigenvalue weighted by Gasteiger charge is 2.40. The highest BCUT2D eigenvalue weighted by atomic mass is 16.5. The Hall–Kier alpha value is -2.69. The summed E-state index contributed by atoms with van der Waals surface area (Å²) in [6.45, 7) is 4.24. The van der Waals surface area contributed by atoms with Gasteiger partial charge in [0.25, 0.3) is 0 Å². The molecule has 0 saturated heterocycles. The summed E-state index contributed by atoms with van der Waals surface area (Å²) in [5.74, 6) is 1.06. The van der Waals surface area contributed by atoms with Gasteiger partial charge in [-0.3, -0.25) is 4.79 Å². The second kappa shape index (κ2) is 10.9. The Kier molecular flexibility index (Phi) is 8.00. The number of rotatable bonds is 11. The summed E-state index contributed by atoms with van der Waals surface area (Å²) >= 11 is 0. The van der Waals surface area contributed by atoms with E-state index in [-0.39, 0.29) is 11.3 Å². The van der Waals surface area contributed by atoms with Crippen LogP contribution in [-0.2, 0) is 27.5 Å². The highest BCUT2D eigenvalue weighted by Crippen LogP contribution is 2.44. The zero-order valence-electron chi connectivity index (χ0n) is 17.8. The molecule has 0 unspecified atom stereocenters. The van der Waals surface area contributed by atoms with E-state index in [2.05, 4.69) is 13.0 Å². The number of allylic oxidation sites excluding steroid dienone is 2. The summed E-state index contributed by atoms with van der Waals surface area (Å²) in [7, 11) is 1.66. The zero-order chi connectivity index (χ0) is 21.2. The van der Waals surface area contributed by atoms with Crippen molar-refractivity contribution in [3.63, 3.8) is 0 Å². The first-order valence-corrected chi connectivity index (χ1v) is 10.3. The number of carbonyl (C=O) groups is 1. The van der Waals surface area contributed by atoms with Gasteiger partial charge in [0.1, 0.15) is 12.0 Å². The van der Waals surface area contributed by atoms with E-state index in [1.807, 2.05) is 66.7 Å². The molecule has 30 heavy (non-hydrogen) atoms. The van der Waals surface area contributed by atoms with Gasteiger partial charge in [0.15, 0.2) is 0 Å². The van der Waals surface area contributed by atoms with Crippen LogP contribution >= 0.6 is 0 Å². The van der Waals surface area contributed by atoms with Crippen LogP contribution in [0.4, 0.5) is 0 Å². The van der Waals surface area contributed by atoms with Gasteiger partial charge in [0, 0.05) is 5.41 Å². The highest BCUT2D eigenvalue weighted by molar-refractivity contribution is 5.76. The Labute approximate surface area is 179 Å². The van der Waals surface area contributed by atoms with Crippen LogP contribution in [0.25, 0.3) is 0 Å². The Morgan fingerprint density at radius 3 is 2.40 bits per heavy atom. The smallest absolute Gasteiger partial charge is 0.146 e. The molecule has 2 aromatic carbocycles. The van der Waals surface area contributed by atoms with Crippen LogP contribution in [0.5, 0.6) is 5.75 Å². The maximum atomic E-state index is 11.6. The predicted octanol–water partition coefficient (Wildman–Crippen LogP) is 5.14. The average Bonchev–Trinajstić information content (AvgIpc) is 3.10. The molecular formula is C26H30O4. The Morgan fingerprint density at radius 2 is 1.70 bits per heavy atom. The van der Waals surface area contributed by atoms with Crippen molar-refractivity contribution in [1.29, 1.82) is 0 Å². The van der Waals surface area contributed by atoms with E-state index in [4.69, 9.17) is 14.2 Å². The monoisotopic (exact) mass is 406 g/mol. The molecule has 1 aliphatic carbocycles. The number of aldehydes is 1. The van der Waals surface area contributed by atoms with Crippen LogP contribution in [0.2, 0.25) is 0 Å². The van der Waals surface area contributed by atoms with Gasteiger partial charge in [0.05, 0.1) is 33.5 Å². The first kappa shape index (κ1) is 22.0. The fourth-order valence-electron chi connectivity index (χ4n) is 3.77. The second-order valence-corrected chi connectivity index (χ2v) is 7.81. The number of benzene rings is 2. The summed E-state index contributed by atoms with van der Waals surface area (Å²) < 4.78 is 16.9. The molecule has 0 aliphatic heterocycles. The number of ether oxygens (including phenoxy) is 3. The molecule has 0 fully saturated rings. The lowest BCUT2D eigenvalue weighted by molar-refractivity contribution is -0.106. The van der Waals surface area contributed by atoms with Crippen molar-refractivity contribution in [1.82, 2.24) is 0 Å². The van der Waals surface area contributed by atoms with Crippen molar-refractivity contribution < 1.29 is 19.0 Å². The Morgan fingerprint density at radius 1 is 1.00 bits per heavy atom. The molecule has 0 aromatic heterocycles. The average molecular weight is 407 g/mol. The van der Waals surface area contributed by atoms with Gasteiger partial charge in [-0.1, -0.05) is 67.6 Å². The fourth-order valence-corrected chi connectivity index (χ4v) is 3.77. The quantitative estimate of drug-likeness (QED) is 0.295. The number of hydrogen-bond acceptors (Lipinski definition) is 4. The molecule has 2 atom stereocenters. The lowest BCUT2D eigenvalue weighted by atomic mass is 9.76. The molecule has 0 amide bonds. The molecule has 0 N–H and O–H groups in total. The number of carbonyl (C=O) groups excluding carboxylic acids is 1. The third-order valence-electron chi connectivity index (χ3n) is 5.72. The van der Waals surface area contributed by atoms with Gasteiger partial charge in [-0.2, -0.15) is 0 Å². The van der Waals surface area contributed by atoms with E-state index >= 15 is 0 Å². The van der Waals surface area contributed by atoms with Crippen molar-refractivity contribution in [2.45, 2.75) is 26.6 Å². The summed E-state index contributed by atoms with van der Waals surface area (Å²) in [6.07, 6.45) is 8.05. The van der Waals surface area contributed by atoms with Gasteiger partial charge in [-0.05, 0) is 41.2 Å². The van der Waals surface area contributed by atoms with Crippen molar-refractivity contribution in [2.75, 3.05) is 20.3 Å². The van der Waals surface area contributed by atoms with Gasteiger partial charge in [-0.15, -0.1) is 0 Å². The van der Waals surface area contributed by atoms with E-state index in [0.29, 0.717) is 26.4 Å². The van der Waals surface area contributed by atoms with Crippen LogP contribution in [-0.4, -0.2) is 26.6 Å². The molecular weight excluding hydrogens is 376 g/mol. The van der Waals surface area contributed by atoms with Crippen LogP contribution in [0.1, 0.15) is 24.5 Å². The minimum absolute atomic E-state index is 0.220. The maximum absolute atomic E-state index is 11.6. The summed E-state index contributed by atoms with van der Waals surface area (Å²) in [5, 5.41) is 0. The van der Waals surface area contributed by atoms with Crippen molar-refractivity contribution in [3.8, 4) is 5.75 Å². The maximum Gasteiger partial charge on any atom is 0.146 e. The Balaban J connectivity index is 1.49. The molecule has 4 nitrogen and oxygen atoms in total. The molecule has 3 rings (SSSR count). The van der Waals surface area contributed by atoms with Crippen molar-refractivity contribution in [3.05, 3.63) is 89.5 Å². The van der Waals surface area contributed by atoms with Crippen LogP contribution < -0.4 is 4.74 Å². The molecule has 0 saturated carbocycles. The summed E-state index contributed by atoms with van der Waals surface area (Å²) in [4.78, 5) is 11.6. The minimum atomic E-state index is -0.316. The van der Waals surface area contributed by atoms with E-state index in [1.54, 1.807) is 7.11 Å². The van der Waals surface area contributed by atoms with Gasteiger partial charge >= 0.3 is 0 Å². The molecule has 2 aromatic rings. The number of methoxy groups -OCH3 is 1. The molecule has 0 bridgehead atoms. The topological polar surface area (TPSA) is 44.8 Å². The van der Waals surface area contributed by atoms with Crippen molar-refractivity contribution >= 4 is 6.29 Å². The number of hydrogen-bond donors (Lipinski definition) is 0. The second-order valence-electron chi connectivity index (χ2n) is 7.81. The van der Waals surface area contributed by atoms with Crippen LogP contribution in [0.15, 0.2) is 78.4 Å². The van der Waals surface area contributed by atoms with E-state index in [9.17, 15) is 4.79 Å².